The Morgan fingerprint density at radius 2 is 2.23 bits per heavy atom. The van der Waals surface area contributed by atoms with E-state index in [-0.39, 0.29) is 0 Å². The lowest BCUT2D eigenvalue weighted by Crippen LogP contribution is -2.30. The zero-order valence-electron chi connectivity index (χ0n) is 13.0. The van der Waals surface area contributed by atoms with Crippen molar-refractivity contribution in [3.63, 3.8) is 0 Å². The van der Waals surface area contributed by atoms with Gasteiger partial charge in [0, 0.05) is 23.6 Å². The third-order valence-electron chi connectivity index (χ3n) is 3.01. The molecule has 5 nitrogen and oxygen atoms in total. The minimum absolute atomic E-state index is 0.503. The predicted octanol–water partition coefficient (Wildman–Crippen LogP) is 3.20. The Kier molecular flexibility index (Phi) is 5.91. The van der Waals surface area contributed by atoms with Gasteiger partial charge in [-0.05, 0) is 18.2 Å². The van der Waals surface area contributed by atoms with Crippen LogP contribution in [0.1, 0.15) is 5.56 Å². The Bertz CT molecular complexity index is 599. The lowest BCUT2D eigenvalue weighted by Gasteiger charge is -2.26. The van der Waals surface area contributed by atoms with E-state index >= 15 is 0 Å². The second kappa shape index (κ2) is 7.91. The van der Waals surface area contributed by atoms with Crippen LogP contribution in [-0.4, -0.2) is 44.6 Å². The molecule has 1 heterocycles. The highest BCUT2D eigenvalue weighted by atomic mass is 32.2. The standard InChI is InChI=1S/C16H20N2O3S/c1-5-8-17-16-18(2)21-11-14(22-16)9-12-6-7-13(19-3)10-15(12)20-4/h5-7,9-10H,1,8,11H2,2-4H3/b14-9+,17-16?. The van der Waals surface area contributed by atoms with E-state index in [0.29, 0.717) is 13.2 Å². The van der Waals surface area contributed by atoms with Crippen LogP contribution < -0.4 is 9.47 Å². The Balaban J connectivity index is 2.23. The van der Waals surface area contributed by atoms with Crippen molar-refractivity contribution in [3.05, 3.63) is 41.3 Å². The number of thioether (sulfide) groups is 1. The van der Waals surface area contributed by atoms with E-state index in [1.165, 1.54) is 0 Å². The summed E-state index contributed by atoms with van der Waals surface area (Å²) >= 11 is 1.58. The average Bonchev–Trinajstić information content (AvgIpc) is 2.55. The van der Waals surface area contributed by atoms with Gasteiger partial charge in [0.1, 0.15) is 18.1 Å². The van der Waals surface area contributed by atoms with Crippen molar-refractivity contribution >= 4 is 23.0 Å². The number of aliphatic imine (C=N–C) groups is 1. The fourth-order valence-corrected chi connectivity index (χ4v) is 2.74. The van der Waals surface area contributed by atoms with E-state index < -0.39 is 0 Å². The van der Waals surface area contributed by atoms with E-state index in [2.05, 4.69) is 11.6 Å². The minimum atomic E-state index is 0.503. The number of rotatable bonds is 5. The Morgan fingerprint density at radius 1 is 1.41 bits per heavy atom. The summed E-state index contributed by atoms with van der Waals surface area (Å²) in [5, 5.41) is 2.49. The lowest BCUT2D eigenvalue weighted by atomic mass is 10.1. The summed E-state index contributed by atoms with van der Waals surface area (Å²) < 4.78 is 10.6. The molecule has 22 heavy (non-hydrogen) atoms. The molecule has 1 aliphatic heterocycles. The van der Waals surface area contributed by atoms with Crippen molar-refractivity contribution in [1.29, 1.82) is 0 Å². The van der Waals surface area contributed by atoms with Gasteiger partial charge in [0.15, 0.2) is 5.17 Å². The molecule has 1 aromatic carbocycles. The third kappa shape index (κ3) is 4.05. The zero-order valence-corrected chi connectivity index (χ0v) is 13.9. The number of methoxy groups -OCH3 is 2. The van der Waals surface area contributed by atoms with Crippen LogP contribution in [0.5, 0.6) is 11.5 Å². The van der Waals surface area contributed by atoms with Crippen molar-refractivity contribution in [2.75, 3.05) is 34.4 Å². The number of hydrogen-bond acceptors (Lipinski definition) is 5. The number of ether oxygens (including phenoxy) is 2. The number of nitrogens with zero attached hydrogens (tertiary/aromatic N) is 2. The maximum absolute atomic E-state index is 5.60. The summed E-state index contributed by atoms with van der Waals surface area (Å²) in [5.41, 5.74) is 0.974. The van der Waals surface area contributed by atoms with Crippen molar-refractivity contribution in [3.8, 4) is 11.5 Å². The molecule has 0 bridgehead atoms. The van der Waals surface area contributed by atoms with Gasteiger partial charge in [0.2, 0.25) is 0 Å². The minimum Gasteiger partial charge on any atom is -0.497 e. The average molecular weight is 320 g/mol. The van der Waals surface area contributed by atoms with Gasteiger partial charge in [0.25, 0.3) is 0 Å². The van der Waals surface area contributed by atoms with Gasteiger partial charge in [-0.1, -0.05) is 17.8 Å². The number of hydrogen-bond donors (Lipinski definition) is 0. The van der Waals surface area contributed by atoms with Crippen LogP contribution in [0.25, 0.3) is 6.08 Å². The van der Waals surface area contributed by atoms with Crippen LogP contribution in [0.2, 0.25) is 0 Å². The first kappa shape index (κ1) is 16.5. The Labute approximate surface area is 135 Å². The first-order chi connectivity index (χ1) is 10.7. The largest absolute Gasteiger partial charge is 0.497 e. The number of benzene rings is 1. The first-order valence-corrected chi connectivity index (χ1v) is 7.62. The molecule has 2 rings (SSSR count). The molecule has 1 aliphatic rings. The van der Waals surface area contributed by atoms with E-state index in [1.54, 1.807) is 37.1 Å². The Morgan fingerprint density at radius 3 is 2.91 bits per heavy atom. The van der Waals surface area contributed by atoms with Gasteiger partial charge in [-0.3, -0.25) is 9.83 Å². The number of amidine groups is 1. The second-order valence-corrected chi connectivity index (χ2v) is 5.60. The fraction of sp³-hybridized carbons (Fsp3) is 0.312. The maximum Gasteiger partial charge on any atom is 0.188 e. The lowest BCUT2D eigenvalue weighted by molar-refractivity contribution is -0.0646. The summed E-state index contributed by atoms with van der Waals surface area (Å²) in [5.74, 6) is 1.52. The molecule has 0 saturated carbocycles. The SMILES string of the molecule is C=CCN=C1S/C(=C/c2ccc(OC)cc2OC)CON1C. The normalized spacial score (nSPS) is 18.6. The highest BCUT2D eigenvalue weighted by molar-refractivity contribution is 8.17. The van der Waals surface area contributed by atoms with Gasteiger partial charge in [0.05, 0.1) is 20.8 Å². The Hall–Kier alpha value is -1.92. The van der Waals surface area contributed by atoms with Crippen molar-refractivity contribution in [2.24, 2.45) is 4.99 Å². The molecular weight excluding hydrogens is 300 g/mol. The van der Waals surface area contributed by atoms with Gasteiger partial charge in [-0.15, -0.1) is 6.58 Å². The molecule has 1 saturated heterocycles. The predicted molar refractivity (Wildman–Crippen MR) is 91.3 cm³/mol. The summed E-state index contributed by atoms with van der Waals surface area (Å²) in [4.78, 5) is 11.1. The molecule has 0 radical (unpaired) electrons. The monoisotopic (exact) mass is 320 g/mol. The molecule has 0 aliphatic carbocycles. The molecule has 6 heteroatoms. The molecule has 0 spiro atoms. The van der Waals surface area contributed by atoms with Crippen LogP contribution in [0.3, 0.4) is 0 Å². The molecule has 118 valence electrons. The van der Waals surface area contributed by atoms with Gasteiger partial charge in [-0.25, -0.2) is 5.06 Å². The second-order valence-electron chi connectivity index (χ2n) is 4.50. The molecule has 0 unspecified atom stereocenters. The quantitative estimate of drug-likeness (QED) is 0.780. The summed E-state index contributed by atoms with van der Waals surface area (Å²) in [6.45, 7) is 4.75. The smallest absolute Gasteiger partial charge is 0.188 e. The van der Waals surface area contributed by atoms with Crippen LogP contribution in [0, 0.1) is 0 Å². The van der Waals surface area contributed by atoms with E-state index in [0.717, 1.165) is 27.1 Å². The van der Waals surface area contributed by atoms with Crippen LogP contribution in [0.15, 0.2) is 40.8 Å². The van der Waals surface area contributed by atoms with Crippen LogP contribution in [-0.2, 0) is 4.84 Å². The van der Waals surface area contributed by atoms with Gasteiger partial charge < -0.3 is 9.47 Å². The molecule has 1 fully saturated rings. The third-order valence-corrected chi connectivity index (χ3v) is 4.07. The maximum atomic E-state index is 5.60. The molecular formula is C16H20N2O3S. The molecule has 0 atom stereocenters. The van der Waals surface area contributed by atoms with Crippen molar-refractivity contribution in [1.82, 2.24) is 5.06 Å². The van der Waals surface area contributed by atoms with Gasteiger partial charge in [-0.2, -0.15) is 0 Å². The van der Waals surface area contributed by atoms with E-state index in [1.807, 2.05) is 31.3 Å². The van der Waals surface area contributed by atoms with E-state index in [9.17, 15) is 0 Å². The highest BCUT2D eigenvalue weighted by Gasteiger charge is 2.18. The van der Waals surface area contributed by atoms with Crippen LogP contribution >= 0.6 is 11.8 Å². The van der Waals surface area contributed by atoms with E-state index in [4.69, 9.17) is 14.3 Å². The molecule has 0 N–H and O–H groups in total. The van der Waals surface area contributed by atoms with Crippen molar-refractivity contribution < 1.29 is 14.3 Å². The summed E-state index contributed by atoms with van der Waals surface area (Å²) in [6, 6.07) is 5.73. The number of hydroxylamine groups is 2. The summed E-state index contributed by atoms with van der Waals surface area (Å²) in [6.07, 6.45) is 3.80. The molecule has 0 amide bonds. The molecule has 0 aromatic heterocycles. The topological polar surface area (TPSA) is 43.3 Å². The molecule has 1 aromatic rings. The van der Waals surface area contributed by atoms with Gasteiger partial charge >= 0.3 is 0 Å². The summed E-state index contributed by atoms with van der Waals surface area (Å²) in [7, 11) is 5.13. The highest BCUT2D eigenvalue weighted by Crippen LogP contribution is 2.31. The van der Waals surface area contributed by atoms with Crippen LogP contribution in [0.4, 0.5) is 0 Å². The first-order valence-electron chi connectivity index (χ1n) is 6.80. The van der Waals surface area contributed by atoms with Crippen molar-refractivity contribution in [2.45, 2.75) is 0 Å². The zero-order chi connectivity index (χ0) is 15.9. The fourth-order valence-electron chi connectivity index (χ4n) is 1.88.